The van der Waals surface area contributed by atoms with Crippen LogP contribution in [0.1, 0.15) is 46.1 Å². The number of nitrogens with zero attached hydrogens (tertiary/aromatic N) is 2. The standard InChI is InChI=1S/C22H29FN2O6/c1-6-29-16(26)13-30-15-8-7-14(23)17-18(15)24(5)19(27)22(17)9-11-25(12-10-22)20(28)31-21(2,3)4/h7-8H,6,9-13H2,1-5H3. The Bertz CT molecular complexity index is 887. The summed E-state index contributed by atoms with van der Waals surface area (Å²) in [6.07, 6.45) is 0.0785. The maximum Gasteiger partial charge on any atom is 0.410 e. The highest BCUT2D eigenvalue weighted by atomic mass is 19.1. The minimum atomic E-state index is -1.09. The summed E-state index contributed by atoms with van der Waals surface area (Å²) in [6.45, 7) is 7.46. The van der Waals surface area contributed by atoms with Crippen LogP contribution in [0.25, 0.3) is 0 Å². The fourth-order valence-corrected chi connectivity index (χ4v) is 4.18. The first-order valence-electron chi connectivity index (χ1n) is 10.4. The van der Waals surface area contributed by atoms with E-state index in [1.54, 1.807) is 39.6 Å². The van der Waals surface area contributed by atoms with Crippen molar-refractivity contribution in [2.24, 2.45) is 0 Å². The number of piperidine rings is 1. The van der Waals surface area contributed by atoms with Crippen molar-refractivity contribution in [3.63, 3.8) is 0 Å². The number of likely N-dealkylation sites (N-methyl/N-ethyl adjacent to an activating group) is 1. The van der Waals surface area contributed by atoms with Crippen molar-refractivity contribution in [1.82, 2.24) is 4.90 Å². The van der Waals surface area contributed by atoms with Gasteiger partial charge < -0.3 is 24.0 Å². The average molecular weight is 436 g/mol. The first-order chi connectivity index (χ1) is 14.5. The number of rotatable bonds is 4. The SMILES string of the molecule is CCOC(=O)COc1ccc(F)c2c1N(C)C(=O)C21CCN(C(=O)OC(C)(C)C)CC1. The molecule has 3 rings (SSSR count). The van der Waals surface area contributed by atoms with Gasteiger partial charge in [-0.25, -0.2) is 14.0 Å². The fraction of sp³-hybridized carbons (Fsp3) is 0.591. The summed E-state index contributed by atoms with van der Waals surface area (Å²) < 4.78 is 30.9. The number of fused-ring (bicyclic) bond motifs is 2. The Morgan fingerprint density at radius 2 is 1.84 bits per heavy atom. The van der Waals surface area contributed by atoms with Crippen LogP contribution < -0.4 is 9.64 Å². The Balaban J connectivity index is 1.86. The summed E-state index contributed by atoms with van der Waals surface area (Å²) in [4.78, 5) is 40.3. The number of benzene rings is 1. The van der Waals surface area contributed by atoms with Gasteiger partial charge in [0.25, 0.3) is 0 Å². The van der Waals surface area contributed by atoms with Crippen LogP contribution in [-0.4, -0.2) is 61.8 Å². The molecule has 2 aliphatic heterocycles. The van der Waals surface area contributed by atoms with E-state index in [1.165, 1.54) is 17.0 Å². The molecule has 31 heavy (non-hydrogen) atoms. The predicted molar refractivity (Wildman–Crippen MR) is 111 cm³/mol. The lowest BCUT2D eigenvalue weighted by Gasteiger charge is -2.38. The first-order valence-corrected chi connectivity index (χ1v) is 10.4. The van der Waals surface area contributed by atoms with Gasteiger partial charge in [-0.05, 0) is 52.7 Å². The Hall–Kier alpha value is -2.84. The zero-order valence-electron chi connectivity index (χ0n) is 18.6. The third kappa shape index (κ3) is 4.31. The average Bonchev–Trinajstić information content (AvgIpc) is 2.90. The molecule has 1 saturated heterocycles. The van der Waals surface area contributed by atoms with Crippen molar-refractivity contribution in [2.45, 2.75) is 51.6 Å². The molecule has 1 fully saturated rings. The second kappa shape index (κ2) is 8.36. The molecule has 0 N–H and O–H groups in total. The minimum absolute atomic E-state index is 0.222. The quantitative estimate of drug-likeness (QED) is 0.675. The number of anilines is 1. The third-order valence-corrected chi connectivity index (χ3v) is 5.54. The second-order valence-electron chi connectivity index (χ2n) is 8.78. The predicted octanol–water partition coefficient (Wildman–Crippen LogP) is 3.01. The van der Waals surface area contributed by atoms with Crippen molar-refractivity contribution in [2.75, 3.05) is 38.3 Å². The summed E-state index contributed by atoms with van der Waals surface area (Å²) in [6, 6.07) is 2.65. The number of halogens is 1. The van der Waals surface area contributed by atoms with Crippen LogP contribution in [0.3, 0.4) is 0 Å². The molecule has 0 aromatic heterocycles. The van der Waals surface area contributed by atoms with E-state index < -0.39 is 28.9 Å². The molecule has 170 valence electrons. The molecule has 1 aromatic carbocycles. The Labute approximate surface area is 181 Å². The molecule has 1 aromatic rings. The molecule has 8 nitrogen and oxygen atoms in total. The molecule has 2 heterocycles. The van der Waals surface area contributed by atoms with E-state index >= 15 is 4.39 Å². The summed E-state index contributed by atoms with van der Waals surface area (Å²) in [5.74, 6) is -1.07. The number of carbonyl (C=O) groups is 3. The van der Waals surface area contributed by atoms with Crippen LogP contribution in [0.2, 0.25) is 0 Å². The molecule has 9 heteroatoms. The van der Waals surface area contributed by atoms with E-state index in [0.717, 1.165) is 0 Å². The Kier molecular flexibility index (Phi) is 6.16. The van der Waals surface area contributed by atoms with Crippen molar-refractivity contribution in [3.05, 3.63) is 23.5 Å². The summed E-state index contributed by atoms with van der Waals surface area (Å²) in [5.41, 5.74) is -1.14. The zero-order valence-corrected chi connectivity index (χ0v) is 18.6. The summed E-state index contributed by atoms with van der Waals surface area (Å²) in [7, 11) is 1.56. The first kappa shape index (κ1) is 22.8. The van der Waals surface area contributed by atoms with Gasteiger partial charge in [-0.1, -0.05) is 0 Å². The van der Waals surface area contributed by atoms with Gasteiger partial charge in [0.15, 0.2) is 6.61 Å². The maximum atomic E-state index is 15.0. The van der Waals surface area contributed by atoms with E-state index in [4.69, 9.17) is 14.2 Å². The van der Waals surface area contributed by atoms with E-state index in [0.29, 0.717) is 5.69 Å². The highest BCUT2D eigenvalue weighted by molar-refractivity contribution is 6.09. The highest BCUT2D eigenvalue weighted by Crippen LogP contribution is 2.52. The van der Waals surface area contributed by atoms with Crippen molar-refractivity contribution < 1.29 is 33.0 Å². The molecule has 0 unspecified atom stereocenters. The normalized spacial score (nSPS) is 17.5. The molecule has 1 spiro atoms. The van der Waals surface area contributed by atoms with E-state index in [9.17, 15) is 14.4 Å². The van der Waals surface area contributed by atoms with Gasteiger partial charge in [0, 0.05) is 25.7 Å². The van der Waals surface area contributed by atoms with E-state index in [1.807, 2.05) is 0 Å². The molecule has 0 atom stereocenters. The topological polar surface area (TPSA) is 85.4 Å². The number of esters is 1. The number of likely N-dealkylation sites (tertiary alicyclic amines) is 1. The van der Waals surface area contributed by atoms with Crippen LogP contribution in [-0.2, 0) is 24.5 Å². The summed E-state index contributed by atoms with van der Waals surface area (Å²) >= 11 is 0. The van der Waals surface area contributed by atoms with Gasteiger partial charge in [-0.3, -0.25) is 4.79 Å². The van der Waals surface area contributed by atoms with Crippen LogP contribution in [0.15, 0.2) is 12.1 Å². The van der Waals surface area contributed by atoms with Gasteiger partial charge in [0.2, 0.25) is 5.91 Å². The van der Waals surface area contributed by atoms with Crippen molar-refractivity contribution >= 4 is 23.7 Å². The molecule has 0 bridgehead atoms. The van der Waals surface area contributed by atoms with Crippen LogP contribution in [0.4, 0.5) is 14.9 Å². The molecule has 2 amide bonds. The Morgan fingerprint density at radius 3 is 2.42 bits per heavy atom. The molecule has 2 aliphatic rings. The highest BCUT2D eigenvalue weighted by Gasteiger charge is 2.54. The lowest BCUT2D eigenvalue weighted by molar-refractivity contribution is -0.145. The number of ether oxygens (including phenoxy) is 3. The second-order valence-corrected chi connectivity index (χ2v) is 8.78. The van der Waals surface area contributed by atoms with Gasteiger partial charge in [0.05, 0.1) is 17.7 Å². The molecular formula is C22H29FN2O6. The monoisotopic (exact) mass is 436 g/mol. The lowest BCUT2D eigenvalue weighted by atomic mass is 9.73. The largest absolute Gasteiger partial charge is 0.480 e. The zero-order chi connectivity index (χ0) is 23.0. The number of carbonyl (C=O) groups excluding carboxylic acids is 3. The molecule has 0 aliphatic carbocycles. The minimum Gasteiger partial charge on any atom is -0.480 e. The van der Waals surface area contributed by atoms with E-state index in [-0.39, 0.29) is 56.4 Å². The Morgan fingerprint density at radius 1 is 1.19 bits per heavy atom. The van der Waals surface area contributed by atoms with Gasteiger partial charge in [-0.2, -0.15) is 0 Å². The van der Waals surface area contributed by atoms with Gasteiger partial charge in [-0.15, -0.1) is 0 Å². The smallest absolute Gasteiger partial charge is 0.410 e. The van der Waals surface area contributed by atoms with Crippen molar-refractivity contribution in [3.8, 4) is 5.75 Å². The molecule has 0 saturated carbocycles. The maximum absolute atomic E-state index is 15.0. The van der Waals surface area contributed by atoms with Crippen LogP contribution in [0.5, 0.6) is 5.75 Å². The van der Waals surface area contributed by atoms with Crippen LogP contribution in [0, 0.1) is 5.82 Å². The number of amides is 2. The lowest BCUT2D eigenvalue weighted by Crippen LogP contribution is -2.50. The molecule has 0 radical (unpaired) electrons. The number of hydrogen-bond donors (Lipinski definition) is 0. The fourth-order valence-electron chi connectivity index (χ4n) is 4.18. The van der Waals surface area contributed by atoms with E-state index in [2.05, 4.69) is 0 Å². The number of hydrogen-bond acceptors (Lipinski definition) is 6. The van der Waals surface area contributed by atoms with Crippen molar-refractivity contribution in [1.29, 1.82) is 0 Å². The third-order valence-electron chi connectivity index (χ3n) is 5.54. The van der Waals surface area contributed by atoms with Gasteiger partial charge >= 0.3 is 12.1 Å². The van der Waals surface area contributed by atoms with Gasteiger partial charge in [0.1, 0.15) is 17.2 Å². The van der Waals surface area contributed by atoms with Crippen LogP contribution >= 0.6 is 0 Å². The summed E-state index contributed by atoms with van der Waals surface area (Å²) in [5, 5.41) is 0. The molecular weight excluding hydrogens is 407 g/mol.